The molecular formula is C17H27N3O2. The lowest BCUT2D eigenvalue weighted by Crippen LogP contribution is -2.50. The van der Waals surface area contributed by atoms with Crippen molar-refractivity contribution in [2.75, 3.05) is 37.6 Å². The molecule has 2 rings (SSSR count). The predicted octanol–water partition coefficient (Wildman–Crippen LogP) is 1.82. The number of carbonyl (C=O) groups excluding carboxylic acids is 1. The van der Waals surface area contributed by atoms with Crippen molar-refractivity contribution in [1.82, 2.24) is 10.2 Å². The zero-order chi connectivity index (χ0) is 15.9. The minimum absolute atomic E-state index is 0.108. The average Bonchev–Trinajstić information content (AvgIpc) is 2.49. The van der Waals surface area contributed by atoms with E-state index in [1.54, 1.807) is 6.07 Å². The van der Waals surface area contributed by atoms with Gasteiger partial charge < -0.3 is 15.3 Å². The van der Waals surface area contributed by atoms with E-state index >= 15 is 0 Å². The molecular weight excluding hydrogens is 278 g/mol. The van der Waals surface area contributed by atoms with Gasteiger partial charge in [0.05, 0.1) is 12.2 Å². The van der Waals surface area contributed by atoms with Gasteiger partial charge in [-0.25, -0.2) is 0 Å². The van der Waals surface area contributed by atoms with Gasteiger partial charge in [0, 0.05) is 32.2 Å². The molecule has 5 nitrogen and oxygen atoms in total. The van der Waals surface area contributed by atoms with Crippen molar-refractivity contribution in [3.8, 4) is 5.75 Å². The molecule has 22 heavy (non-hydrogen) atoms. The van der Waals surface area contributed by atoms with Gasteiger partial charge in [0.15, 0.2) is 0 Å². The monoisotopic (exact) mass is 305 g/mol. The van der Waals surface area contributed by atoms with Gasteiger partial charge >= 0.3 is 0 Å². The van der Waals surface area contributed by atoms with Crippen molar-refractivity contribution >= 4 is 11.6 Å². The van der Waals surface area contributed by atoms with E-state index < -0.39 is 0 Å². The Labute approximate surface area is 132 Å². The Balaban J connectivity index is 1.78. The molecule has 1 aromatic carbocycles. The molecule has 1 fully saturated rings. The largest absolute Gasteiger partial charge is 0.506 e. The molecule has 0 aromatic heterocycles. The molecule has 1 saturated heterocycles. The second-order valence-corrected chi connectivity index (χ2v) is 6.01. The number of nitrogens with one attached hydrogen (secondary N) is 1. The normalized spacial score (nSPS) is 17.3. The number of amides is 1. The number of benzene rings is 1. The van der Waals surface area contributed by atoms with Crippen LogP contribution in [0.3, 0.4) is 0 Å². The molecule has 1 aliphatic rings. The summed E-state index contributed by atoms with van der Waals surface area (Å²) in [6.07, 6.45) is 2.10. The summed E-state index contributed by atoms with van der Waals surface area (Å²) in [6.45, 7) is 7.97. The van der Waals surface area contributed by atoms with Gasteiger partial charge in [-0.3, -0.25) is 9.69 Å². The van der Waals surface area contributed by atoms with E-state index in [9.17, 15) is 9.90 Å². The van der Waals surface area contributed by atoms with Crippen molar-refractivity contribution in [3.63, 3.8) is 0 Å². The number of carbonyl (C=O) groups is 1. The van der Waals surface area contributed by atoms with Gasteiger partial charge in [0.2, 0.25) is 5.91 Å². The van der Waals surface area contributed by atoms with Crippen molar-refractivity contribution in [2.24, 2.45) is 0 Å². The Morgan fingerprint density at radius 3 is 2.59 bits per heavy atom. The number of para-hydroxylation sites is 2. The number of rotatable bonds is 6. The molecule has 1 amide bonds. The number of hydrogen-bond acceptors (Lipinski definition) is 4. The SMILES string of the molecule is CCC[C@H](C)NC(=O)CN1CCN(c2ccccc2O)CC1. The summed E-state index contributed by atoms with van der Waals surface area (Å²) < 4.78 is 0. The van der Waals surface area contributed by atoms with E-state index in [0.29, 0.717) is 12.3 Å². The van der Waals surface area contributed by atoms with Crippen LogP contribution in [0.2, 0.25) is 0 Å². The molecule has 0 bridgehead atoms. The van der Waals surface area contributed by atoms with Gasteiger partial charge in [-0.05, 0) is 25.5 Å². The van der Waals surface area contributed by atoms with Crippen molar-refractivity contribution in [1.29, 1.82) is 0 Å². The lowest BCUT2D eigenvalue weighted by atomic mass is 10.2. The molecule has 0 radical (unpaired) electrons. The van der Waals surface area contributed by atoms with Crippen LogP contribution in [0, 0.1) is 0 Å². The second kappa shape index (κ2) is 8.03. The highest BCUT2D eigenvalue weighted by atomic mass is 16.3. The van der Waals surface area contributed by atoms with Crippen LogP contribution in [0.1, 0.15) is 26.7 Å². The lowest BCUT2D eigenvalue weighted by Gasteiger charge is -2.36. The quantitative estimate of drug-likeness (QED) is 0.842. The fourth-order valence-electron chi connectivity index (χ4n) is 2.91. The second-order valence-electron chi connectivity index (χ2n) is 6.01. The maximum atomic E-state index is 12.0. The zero-order valence-electron chi connectivity index (χ0n) is 13.6. The van der Waals surface area contributed by atoms with Crippen LogP contribution in [0.25, 0.3) is 0 Å². The summed E-state index contributed by atoms with van der Waals surface area (Å²) in [6, 6.07) is 7.66. The molecule has 1 aliphatic heterocycles. The van der Waals surface area contributed by atoms with Gasteiger partial charge in [-0.1, -0.05) is 25.5 Å². The van der Waals surface area contributed by atoms with Crippen molar-refractivity contribution in [3.05, 3.63) is 24.3 Å². The number of phenols is 1. The first-order chi connectivity index (χ1) is 10.6. The van der Waals surface area contributed by atoms with Gasteiger partial charge in [-0.2, -0.15) is 0 Å². The molecule has 122 valence electrons. The molecule has 1 atom stereocenters. The molecule has 5 heteroatoms. The van der Waals surface area contributed by atoms with E-state index in [2.05, 4.69) is 29.0 Å². The van der Waals surface area contributed by atoms with Crippen molar-refractivity contribution < 1.29 is 9.90 Å². The third-order valence-corrected chi connectivity index (χ3v) is 4.09. The number of nitrogens with zero attached hydrogens (tertiary/aromatic N) is 2. The number of piperazine rings is 1. The number of phenolic OH excluding ortho intramolecular Hbond substituents is 1. The first kappa shape index (κ1) is 16.6. The van der Waals surface area contributed by atoms with Gasteiger partial charge in [0.1, 0.15) is 5.75 Å². The first-order valence-electron chi connectivity index (χ1n) is 8.14. The summed E-state index contributed by atoms with van der Waals surface area (Å²) in [5, 5.41) is 13.0. The van der Waals surface area contributed by atoms with E-state index in [4.69, 9.17) is 0 Å². The summed E-state index contributed by atoms with van der Waals surface area (Å²) in [5.41, 5.74) is 0.878. The third kappa shape index (κ3) is 4.63. The molecule has 2 N–H and O–H groups in total. The van der Waals surface area contributed by atoms with Crippen LogP contribution in [0.15, 0.2) is 24.3 Å². The van der Waals surface area contributed by atoms with Crippen LogP contribution in [0.4, 0.5) is 5.69 Å². The molecule has 1 aromatic rings. The van der Waals surface area contributed by atoms with Crippen LogP contribution < -0.4 is 10.2 Å². The third-order valence-electron chi connectivity index (χ3n) is 4.09. The fraction of sp³-hybridized carbons (Fsp3) is 0.588. The van der Waals surface area contributed by atoms with E-state index in [1.165, 1.54) is 0 Å². The molecule has 0 saturated carbocycles. The molecule has 0 aliphatic carbocycles. The minimum Gasteiger partial charge on any atom is -0.506 e. The highest BCUT2D eigenvalue weighted by Gasteiger charge is 2.20. The van der Waals surface area contributed by atoms with E-state index in [1.807, 2.05) is 18.2 Å². The fourth-order valence-corrected chi connectivity index (χ4v) is 2.91. The lowest BCUT2D eigenvalue weighted by molar-refractivity contribution is -0.123. The Kier molecular flexibility index (Phi) is 6.07. The number of anilines is 1. The summed E-state index contributed by atoms with van der Waals surface area (Å²) >= 11 is 0. The van der Waals surface area contributed by atoms with E-state index in [0.717, 1.165) is 44.7 Å². The van der Waals surface area contributed by atoms with Gasteiger partial charge in [-0.15, -0.1) is 0 Å². The topological polar surface area (TPSA) is 55.8 Å². The Hall–Kier alpha value is -1.75. The first-order valence-corrected chi connectivity index (χ1v) is 8.14. The van der Waals surface area contributed by atoms with Crippen molar-refractivity contribution in [2.45, 2.75) is 32.7 Å². The van der Waals surface area contributed by atoms with Crippen LogP contribution in [-0.2, 0) is 4.79 Å². The van der Waals surface area contributed by atoms with Crippen LogP contribution in [0.5, 0.6) is 5.75 Å². The smallest absolute Gasteiger partial charge is 0.234 e. The Bertz CT molecular complexity index is 485. The molecule has 0 spiro atoms. The summed E-state index contributed by atoms with van der Waals surface area (Å²) in [5.74, 6) is 0.430. The molecule has 0 unspecified atom stereocenters. The maximum Gasteiger partial charge on any atom is 0.234 e. The standard InChI is InChI=1S/C17H27N3O2/c1-3-6-14(2)18-17(22)13-19-9-11-20(12-10-19)15-7-4-5-8-16(15)21/h4-5,7-8,14,21H,3,6,9-13H2,1-2H3,(H,18,22)/t14-/m0/s1. The van der Waals surface area contributed by atoms with Gasteiger partial charge in [0.25, 0.3) is 0 Å². The minimum atomic E-state index is 0.108. The van der Waals surface area contributed by atoms with Crippen LogP contribution >= 0.6 is 0 Å². The van der Waals surface area contributed by atoms with E-state index in [-0.39, 0.29) is 11.9 Å². The summed E-state index contributed by atoms with van der Waals surface area (Å²) in [4.78, 5) is 16.3. The Morgan fingerprint density at radius 1 is 1.27 bits per heavy atom. The predicted molar refractivity (Wildman–Crippen MR) is 89.3 cm³/mol. The average molecular weight is 305 g/mol. The van der Waals surface area contributed by atoms with Crippen LogP contribution in [-0.4, -0.2) is 54.7 Å². The zero-order valence-corrected chi connectivity index (χ0v) is 13.6. The molecule has 1 heterocycles. The number of hydrogen-bond donors (Lipinski definition) is 2. The Morgan fingerprint density at radius 2 is 1.95 bits per heavy atom. The highest BCUT2D eigenvalue weighted by molar-refractivity contribution is 5.78. The highest BCUT2D eigenvalue weighted by Crippen LogP contribution is 2.27. The summed E-state index contributed by atoms with van der Waals surface area (Å²) in [7, 11) is 0. The maximum absolute atomic E-state index is 12.0. The number of aromatic hydroxyl groups is 1.